The van der Waals surface area contributed by atoms with Gasteiger partial charge in [0.1, 0.15) is 0 Å². The van der Waals surface area contributed by atoms with Crippen LogP contribution in [0, 0.1) is 0 Å². The molecule has 1 fully saturated rings. The van der Waals surface area contributed by atoms with Gasteiger partial charge >= 0.3 is 5.97 Å². The van der Waals surface area contributed by atoms with Crippen LogP contribution >= 0.6 is 0 Å². The first kappa shape index (κ1) is 13.4. The molecule has 0 unspecified atom stereocenters. The Morgan fingerprint density at radius 2 is 1.74 bits per heavy atom. The smallest absolute Gasteiger partial charge is 0.338 e. The largest absolute Gasteiger partial charge is 0.452 e. The van der Waals surface area contributed by atoms with Crippen molar-refractivity contribution in [3.63, 3.8) is 0 Å². The number of piperidine rings is 1. The predicted molar refractivity (Wildman–Crippen MR) is 71.6 cm³/mol. The molecule has 102 valence electrons. The van der Waals surface area contributed by atoms with E-state index >= 15 is 0 Å². The number of likely N-dealkylation sites (tertiary alicyclic amines) is 1. The van der Waals surface area contributed by atoms with E-state index in [1.54, 1.807) is 29.2 Å². The van der Waals surface area contributed by atoms with Gasteiger partial charge in [-0.3, -0.25) is 4.79 Å². The van der Waals surface area contributed by atoms with E-state index in [9.17, 15) is 9.59 Å². The lowest BCUT2D eigenvalue weighted by Crippen LogP contribution is -2.38. The number of carbonyl (C=O) groups is 2. The average Bonchev–Trinajstić information content (AvgIpc) is 2.46. The third-order valence-corrected chi connectivity index (χ3v) is 3.18. The Kier molecular flexibility index (Phi) is 4.39. The second-order valence-corrected chi connectivity index (χ2v) is 4.64. The van der Waals surface area contributed by atoms with Gasteiger partial charge in [-0.2, -0.15) is 0 Å². The van der Waals surface area contributed by atoms with Crippen LogP contribution in [0.3, 0.4) is 0 Å². The van der Waals surface area contributed by atoms with E-state index in [-0.39, 0.29) is 12.5 Å². The molecule has 2 rings (SSSR count). The minimum atomic E-state index is -0.495. The molecule has 0 radical (unpaired) electrons. The third-order valence-electron chi connectivity index (χ3n) is 3.18. The molecule has 1 amide bonds. The predicted octanol–water partition coefficient (Wildman–Crippen LogP) is 1.44. The van der Waals surface area contributed by atoms with Crippen LogP contribution in [-0.4, -0.2) is 36.5 Å². The number of hydrogen-bond donors (Lipinski definition) is 1. The number of esters is 1. The average molecular weight is 262 g/mol. The van der Waals surface area contributed by atoms with Crippen molar-refractivity contribution in [2.45, 2.75) is 19.3 Å². The van der Waals surface area contributed by atoms with Crippen molar-refractivity contribution >= 4 is 17.6 Å². The minimum absolute atomic E-state index is 0.122. The summed E-state index contributed by atoms with van der Waals surface area (Å²) in [4.78, 5) is 25.3. The van der Waals surface area contributed by atoms with Gasteiger partial charge in [0.05, 0.1) is 5.56 Å². The molecule has 0 atom stereocenters. The summed E-state index contributed by atoms with van der Waals surface area (Å²) in [5, 5.41) is 0. The highest BCUT2D eigenvalue weighted by molar-refractivity contribution is 5.91. The molecule has 0 aromatic heterocycles. The summed E-state index contributed by atoms with van der Waals surface area (Å²) < 4.78 is 5.01. The maximum Gasteiger partial charge on any atom is 0.338 e. The summed E-state index contributed by atoms with van der Waals surface area (Å²) >= 11 is 0. The molecule has 2 N–H and O–H groups in total. The maximum absolute atomic E-state index is 11.8. The van der Waals surface area contributed by atoms with Gasteiger partial charge in [-0.1, -0.05) is 0 Å². The van der Waals surface area contributed by atoms with E-state index < -0.39 is 5.97 Å². The SMILES string of the molecule is Nc1ccc(C(=O)OCC(=O)N2CCCCC2)cc1. The highest BCUT2D eigenvalue weighted by atomic mass is 16.5. The normalized spacial score (nSPS) is 15.1. The Morgan fingerprint density at radius 1 is 1.11 bits per heavy atom. The number of rotatable bonds is 3. The molecule has 1 heterocycles. The fraction of sp³-hybridized carbons (Fsp3) is 0.429. The number of nitrogens with two attached hydrogens (primary N) is 1. The van der Waals surface area contributed by atoms with Gasteiger partial charge < -0.3 is 15.4 Å². The van der Waals surface area contributed by atoms with Gasteiger partial charge in [0.25, 0.3) is 5.91 Å². The lowest BCUT2D eigenvalue weighted by Gasteiger charge is -2.26. The standard InChI is InChI=1S/C14H18N2O3/c15-12-6-4-11(5-7-12)14(18)19-10-13(17)16-8-2-1-3-9-16/h4-7H,1-3,8-10,15H2. The second-order valence-electron chi connectivity index (χ2n) is 4.64. The monoisotopic (exact) mass is 262 g/mol. The van der Waals surface area contributed by atoms with Crippen molar-refractivity contribution in [1.29, 1.82) is 0 Å². The van der Waals surface area contributed by atoms with E-state index in [0.29, 0.717) is 11.3 Å². The first-order valence-electron chi connectivity index (χ1n) is 6.47. The van der Waals surface area contributed by atoms with Crippen LogP contribution in [0.4, 0.5) is 5.69 Å². The Bertz CT molecular complexity index is 450. The lowest BCUT2D eigenvalue weighted by atomic mass is 10.1. The molecule has 0 aliphatic carbocycles. The van der Waals surface area contributed by atoms with Crippen molar-refractivity contribution in [2.24, 2.45) is 0 Å². The van der Waals surface area contributed by atoms with E-state index in [1.807, 2.05) is 0 Å². The fourth-order valence-electron chi connectivity index (χ4n) is 2.06. The van der Waals surface area contributed by atoms with Crippen LogP contribution in [0.25, 0.3) is 0 Å². The molecule has 0 saturated carbocycles. The zero-order valence-corrected chi connectivity index (χ0v) is 10.8. The van der Waals surface area contributed by atoms with Crippen molar-refractivity contribution in [1.82, 2.24) is 4.90 Å². The molecular formula is C14H18N2O3. The van der Waals surface area contributed by atoms with E-state index in [0.717, 1.165) is 32.4 Å². The van der Waals surface area contributed by atoms with Crippen LogP contribution < -0.4 is 5.73 Å². The van der Waals surface area contributed by atoms with Crippen molar-refractivity contribution in [3.05, 3.63) is 29.8 Å². The Labute approximate surface area is 112 Å². The Morgan fingerprint density at radius 3 is 2.37 bits per heavy atom. The summed E-state index contributed by atoms with van der Waals surface area (Å²) in [6.07, 6.45) is 3.21. The van der Waals surface area contributed by atoms with Gasteiger partial charge in [0.2, 0.25) is 0 Å². The number of carbonyl (C=O) groups excluding carboxylic acids is 2. The number of anilines is 1. The van der Waals surface area contributed by atoms with Gasteiger partial charge in [-0.05, 0) is 43.5 Å². The summed E-state index contributed by atoms with van der Waals surface area (Å²) in [6, 6.07) is 6.43. The first-order chi connectivity index (χ1) is 9.16. The summed E-state index contributed by atoms with van der Waals surface area (Å²) in [6.45, 7) is 1.33. The number of hydrogen-bond acceptors (Lipinski definition) is 4. The molecule has 5 nitrogen and oxygen atoms in total. The quantitative estimate of drug-likeness (QED) is 0.661. The van der Waals surface area contributed by atoms with Gasteiger partial charge in [-0.25, -0.2) is 4.79 Å². The van der Waals surface area contributed by atoms with Crippen LogP contribution in [0.15, 0.2) is 24.3 Å². The van der Waals surface area contributed by atoms with E-state index in [1.165, 1.54) is 0 Å². The molecular weight excluding hydrogens is 244 g/mol. The van der Waals surface area contributed by atoms with Crippen molar-refractivity contribution < 1.29 is 14.3 Å². The van der Waals surface area contributed by atoms with Gasteiger partial charge in [0.15, 0.2) is 6.61 Å². The van der Waals surface area contributed by atoms with Crippen LogP contribution in [-0.2, 0) is 9.53 Å². The summed E-state index contributed by atoms with van der Waals surface area (Å²) in [5.74, 6) is -0.617. The van der Waals surface area contributed by atoms with Gasteiger partial charge in [0, 0.05) is 18.8 Å². The van der Waals surface area contributed by atoms with Crippen molar-refractivity contribution in [3.8, 4) is 0 Å². The van der Waals surface area contributed by atoms with Crippen molar-refractivity contribution in [2.75, 3.05) is 25.4 Å². The molecule has 1 aromatic carbocycles. The molecule has 1 aliphatic heterocycles. The number of amides is 1. The molecule has 5 heteroatoms. The molecule has 1 saturated heterocycles. The van der Waals surface area contributed by atoms with Crippen LogP contribution in [0.5, 0.6) is 0 Å². The second kappa shape index (κ2) is 6.22. The third kappa shape index (κ3) is 3.71. The number of nitrogens with zero attached hydrogens (tertiary/aromatic N) is 1. The summed E-state index contributed by atoms with van der Waals surface area (Å²) in [7, 11) is 0. The maximum atomic E-state index is 11.8. The van der Waals surface area contributed by atoms with E-state index in [4.69, 9.17) is 10.5 Å². The lowest BCUT2D eigenvalue weighted by molar-refractivity contribution is -0.135. The molecule has 0 spiro atoms. The zero-order valence-electron chi connectivity index (χ0n) is 10.8. The highest BCUT2D eigenvalue weighted by Crippen LogP contribution is 2.10. The van der Waals surface area contributed by atoms with Gasteiger partial charge in [-0.15, -0.1) is 0 Å². The molecule has 1 aromatic rings. The Hall–Kier alpha value is -2.04. The van der Waals surface area contributed by atoms with E-state index in [2.05, 4.69) is 0 Å². The van der Waals surface area contributed by atoms with Crippen LogP contribution in [0.1, 0.15) is 29.6 Å². The first-order valence-corrected chi connectivity index (χ1v) is 6.47. The number of benzene rings is 1. The fourth-order valence-corrected chi connectivity index (χ4v) is 2.06. The molecule has 19 heavy (non-hydrogen) atoms. The Balaban J connectivity index is 1.82. The van der Waals surface area contributed by atoms with Crippen LogP contribution in [0.2, 0.25) is 0 Å². The summed E-state index contributed by atoms with van der Waals surface area (Å²) in [5.41, 5.74) is 6.52. The number of ether oxygens (including phenoxy) is 1. The number of nitrogen functional groups attached to an aromatic ring is 1. The topological polar surface area (TPSA) is 72.6 Å². The molecule has 0 bridgehead atoms. The zero-order chi connectivity index (χ0) is 13.7. The molecule has 1 aliphatic rings. The highest BCUT2D eigenvalue weighted by Gasteiger charge is 2.18. The minimum Gasteiger partial charge on any atom is -0.452 e.